The Hall–Kier alpha value is -2.22. The second-order valence-corrected chi connectivity index (χ2v) is 3.51. The van der Waals surface area contributed by atoms with Gasteiger partial charge in [0, 0.05) is 6.92 Å². The summed E-state index contributed by atoms with van der Waals surface area (Å²) in [6.07, 6.45) is 1.38. The second-order valence-electron chi connectivity index (χ2n) is 3.14. The molecule has 0 aliphatic heterocycles. The number of H-pyrrole nitrogens is 1. The van der Waals surface area contributed by atoms with E-state index in [0.29, 0.717) is 0 Å². The number of aromatic amines is 1. The van der Waals surface area contributed by atoms with Crippen molar-refractivity contribution in [1.29, 1.82) is 0 Å². The molecule has 0 fully saturated rings. The quantitative estimate of drug-likeness (QED) is 0.789. The largest absolute Gasteiger partial charge is 0.459 e. The average Bonchev–Trinajstić information content (AvgIpc) is 2.86. The summed E-state index contributed by atoms with van der Waals surface area (Å²) in [4.78, 5) is 26.5. The highest BCUT2D eigenvalue weighted by Gasteiger charge is 2.12. The number of nitrogens with one attached hydrogen (secondary N) is 2. The lowest BCUT2D eigenvalue weighted by atomic mass is 10.4. The zero-order valence-corrected chi connectivity index (χ0v) is 9.58. The van der Waals surface area contributed by atoms with E-state index in [1.54, 1.807) is 6.07 Å². The number of anilines is 1. The Morgan fingerprint density at radius 3 is 2.88 bits per heavy atom. The summed E-state index contributed by atoms with van der Waals surface area (Å²) < 4.78 is 6.00. The summed E-state index contributed by atoms with van der Waals surface area (Å²) in [6, 6.07) is 3.09. The average molecular weight is 252 g/mol. The standard InChI is InChI=1S/C9H8N4O3S/c1-5(14)13-9(17)11-8(12-13)10-7(15)6-3-2-4-16-6/h2-4H,1H3,(H2,10,11,12,15,17). The molecule has 7 nitrogen and oxygen atoms in total. The first-order valence-corrected chi connectivity index (χ1v) is 5.03. The van der Waals surface area contributed by atoms with Crippen LogP contribution in [0.5, 0.6) is 0 Å². The Morgan fingerprint density at radius 2 is 2.35 bits per heavy atom. The highest BCUT2D eigenvalue weighted by atomic mass is 32.1. The van der Waals surface area contributed by atoms with Gasteiger partial charge >= 0.3 is 0 Å². The number of hydrogen-bond donors (Lipinski definition) is 2. The monoisotopic (exact) mass is 252 g/mol. The van der Waals surface area contributed by atoms with E-state index in [-0.39, 0.29) is 22.4 Å². The van der Waals surface area contributed by atoms with Gasteiger partial charge < -0.3 is 4.42 Å². The number of amides is 1. The molecule has 0 spiro atoms. The van der Waals surface area contributed by atoms with Crippen LogP contribution in [0.25, 0.3) is 0 Å². The van der Waals surface area contributed by atoms with Crippen LogP contribution in [0.15, 0.2) is 22.8 Å². The zero-order chi connectivity index (χ0) is 12.4. The molecule has 0 atom stereocenters. The van der Waals surface area contributed by atoms with Gasteiger partial charge in [0.25, 0.3) is 5.91 Å². The smallest absolute Gasteiger partial charge is 0.293 e. The maximum absolute atomic E-state index is 11.6. The highest BCUT2D eigenvalue weighted by Crippen LogP contribution is 2.05. The van der Waals surface area contributed by atoms with Crippen molar-refractivity contribution in [3.8, 4) is 0 Å². The summed E-state index contributed by atoms with van der Waals surface area (Å²) in [5.41, 5.74) is 0. The van der Waals surface area contributed by atoms with Crippen molar-refractivity contribution in [3.05, 3.63) is 28.9 Å². The van der Waals surface area contributed by atoms with Crippen molar-refractivity contribution in [2.45, 2.75) is 6.92 Å². The van der Waals surface area contributed by atoms with Crippen LogP contribution in [-0.4, -0.2) is 26.6 Å². The van der Waals surface area contributed by atoms with Crippen LogP contribution in [0, 0.1) is 4.77 Å². The van der Waals surface area contributed by atoms with Gasteiger partial charge in [-0.25, -0.2) is 0 Å². The van der Waals surface area contributed by atoms with E-state index < -0.39 is 5.91 Å². The molecule has 2 aromatic rings. The van der Waals surface area contributed by atoms with Crippen molar-refractivity contribution in [2.75, 3.05) is 5.32 Å². The van der Waals surface area contributed by atoms with E-state index in [0.717, 1.165) is 4.68 Å². The van der Waals surface area contributed by atoms with Gasteiger partial charge in [0.05, 0.1) is 6.26 Å². The minimum Gasteiger partial charge on any atom is -0.459 e. The van der Waals surface area contributed by atoms with E-state index in [1.807, 2.05) is 0 Å². The van der Waals surface area contributed by atoms with Crippen molar-refractivity contribution < 1.29 is 14.0 Å². The molecule has 88 valence electrons. The van der Waals surface area contributed by atoms with Crippen LogP contribution in [0.4, 0.5) is 5.95 Å². The summed E-state index contributed by atoms with van der Waals surface area (Å²) in [7, 11) is 0. The van der Waals surface area contributed by atoms with Crippen molar-refractivity contribution in [3.63, 3.8) is 0 Å². The van der Waals surface area contributed by atoms with Gasteiger partial charge in [-0.2, -0.15) is 9.67 Å². The number of aromatic nitrogens is 3. The molecule has 2 N–H and O–H groups in total. The van der Waals surface area contributed by atoms with Gasteiger partial charge in [-0.1, -0.05) is 0 Å². The number of furan rings is 1. The van der Waals surface area contributed by atoms with Crippen molar-refractivity contribution in [2.24, 2.45) is 0 Å². The molecule has 0 saturated heterocycles. The van der Waals surface area contributed by atoms with Gasteiger partial charge in [0.15, 0.2) is 5.76 Å². The van der Waals surface area contributed by atoms with Crippen LogP contribution in [0.2, 0.25) is 0 Å². The SMILES string of the molecule is CC(=O)n1[nH]c(NC(=O)c2ccco2)nc1=S. The van der Waals surface area contributed by atoms with Gasteiger partial charge in [-0.3, -0.25) is 20.0 Å². The third-order valence-electron chi connectivity index (χ3n) is 1.91. The Balaban J connectivity index is 2.20. The van der Waals surface area contributed by atoms with Crippen LogP contribution in [0.3, 0.4) is 0 Å². The van der Waals surface area contributed by atoms with Gasteiger partial charge in [-0.15, -0.1) is 0 Å². The maximum atomic E-state index is 11.6. The minimum absolute atomic E-state index is 0.0484. The molecule has 8 heteroatoms. The Kier molecular flexibility index (Phi) is 2.88. The first-order chi connectivity index (χ1) is 8.08. The molecule has 0 aliphatic carbocycles. The number of nitrogens with zero attached hydrogens (tertiary/aromatic N) is 2. The van der Waals surface area contributed by atoms with Crippen LogP contribution < -0.4 is 5.32 Å². The van der Waals surface area contributed by atoms with E-state index in [1.165, 1.54) is 19.3 Å². The van der Waals surface area contributed by atoms with Crippen LogP contribution in [-0.2, 0) is 0 Å². The molecule has 0 bridgehead atoms. The van der Waals surface area contributed by atoms with E-state index in [2.05, 4.69) is 15.4 Å². The summed E-state index contributed by atoms with van der Waals surface area (Å²) >= 11 is 4.83. The molecule has 2 rings (SSSR count). The molecule has 0 radical (unpaired) electrons. The van der Waals surface area contributed by atoms with Crippen LogP contribution >= 0.6 is 12.2 Å². The van der Waals surface area contributed by atoms with E-state index in [9.17, 15) is 9.59 Å². The van der Waals surface area contributed by atoms with E-state index >= 15 is 0 Å². The molecule has 0 saturated carbocycles. The highest BCUT2D eigenvalue weighted by molar-refractivity contribution is 7.71. The number of hydrogen-bond acceptors (Lipinski definition) is 5. The third kappa shape index (κ3) is 2.31. The molecular formula is C9H8N4O3S. The fourth-order valence-corrected chi connectivity index (χ4v) is 1.44. The molecule has 0 aromatic carbocycles. The number of carbonyl (C=O) groups is 2. The van der Waals surface area contributed by atoms with Gasteiger partial charge in [0.2, 0.25) is 16.6 Å². The minimum atomic E-state index is -0.477. The summed E-state index contributed by atoms with van der Waals surface area (Å²) in [5, 5.41) is 4.97. The molecule has 17 heavy (non-hydrogen) atoms. The number of carbonyl (C=O) groups excluding carboxylic acids is 2. The molecule has 2 heterocycles. The Morgan fingerprint density at radius 1 is 1.59 bits per heavy atom. The fraction of sp³-hybridized carbons (Fsp3) is 0.111. The first-order valence-electron chi connectivity index (χ1n) is 4.63. The molecule has 1 amide bonds. The fourth-order valence-electron chi connectivity index (χ4n) is 1.17. The predicted molar refractivity (Wildman–Crippen MR) is 60.4 cm³/mol. The normalized spacial score (nSPS) is 10.2. The van der Waals surface area contributed by atoms with E-state index in [4.69, 9.17) is 16.6 Å². The van der Waals surface area contributed by atoms with Crippen molar-refractivity contribution in [1.82, 2.24) is 14.8 Å². The van der Waals surface area contributed by atoms with Gasteiger partial charge in [0.1, 0.15) is 0 Å². The summed E-state index contributed by atoms with van der Waals surface area (Å²) in [6.45, 7) is 1.33. The Bertz CT molecular complexity index is 610. The third-order valence-corrected chi connectivity index (χ3v) is 2.18. The Labute approximate surface area is 100 Å². The van der Waals surface area contributed by atoms with Gasteiger partial charge in [-0.05, 0) is 24.4 Å². The maximum Gasteiger partial charge on any atom is 0.293 e. The molecule has 0 aliphatic rings. The first kappa shape index (κ1) is 11.3. The van der Waals surface area contributed by atoms with Crippen LogP contribution in [0.1, 0.15) is 22.3 Å². The lowest BCUT2D eigenvalue weighted by Crippen LogP contribution is -2.13. The van der Waals surface area contributed by atoms with Crippen molar-refractivity contribution >= 4 is 30.0 Å². The summed E-state index contributed by atoms with van der Waals surface area (Å²) in [5.74, 6) is -0.566. The zero-order valence-electron chi connectivity index (χ0n) is 8.76. The molecular weight excluding hydrogens is 244 g/mol. The lowest BCUT2D eigenvalue weighted by molar-refractivity contribution is 0.0917. The molecule has 0 unspecified atom stereocenters. The number of rotatable bonds is 2. The second kappa shape index (κ2) is 4.34. The topological polar surface area (TPSA) is 92.9 Å². The lowest BCUT2D eigenvalue weighted by Gasteiger charge is -1.97. The predicted octanol–water partition coefficient (Wildman–Crippen LogP) is 1.45. The molecule has 2 aromatic heterocycles.